The van der Waals surface area contributed by atoms with Crippen LogP contribution in [0.3, 0.4) is 0 Å². The Morgan fingerprint density at radius 2 is 2.00 bits per heavy atom. The van der Waals surface area contributed by atoms with Crippen LogP contribution in [0.2, 0.25) is 0 Å². The highest BCUT2D eigenvalue weighted by Gasteiger charge is 2.28. The number of nitrogens with one attached hydrogen (secondary N) is 2. The molecular formula is C30H44N8O2. The molecule has 0 aliphatic carbocycles. The SMILES string of the molecule is CCCN(CCC(C)(C)C)C(CNC(=O)OCc1ccccc1)c1cc(N)n2ncc(C3=CN(C)NC3C)c2n1. The van der Waals surface area contributed by atoms with Crippen LogP contribution in [0.4, 0.5) is 10.6 Å². The van der Waals surface area contributed by atoms with E-state index in [1.54, 1.807) is 4.52 Å². The van der Waals surface area contributed by atoms with Crippen LogP contribution in [0.5, 0.6) is 0 Å². The maximum Gasteiger partial charge on any atom is 0.407 e. The van der Waals surface area contributed by atoms with Gasteiger partial charge in [-0.25, -0.2) is 15.2 Å². The minimum atomic E-state index is -0.459. The molecule has 1 amide bonds. The number of hydrogen-bond donors (Lipinski definition) is 3. The molecule has 4 rings (SSSR count). The van der Waals surface area contributed by atoms with Crippen molar-refractivity contribution in [1.82, 2.24) is 35.2 Å². The van der Waals surface area contributed by atoms with E-state index in [9.17, 15) is 4.79 Å². The fraction of sp³-hybridized carbons (Fsp3) is 0.500. The Hall–Kier alpha value is -3.63. The van der Waals surface area contributed by atoms with Crippen molar-refractivity contribution < 1.29 is 9.53 Å². The van der Waals surface area contributed by atoms with Crippen molar-refractivity contribution in [2.24, 2.45) is 5.41 Å². The number of alkyl carbamates (subject to hydrolysis) is 1. The Balaban J connectivity index is 1.64. The summed E-state index contributed by atoms with van der Waals surface area (Å²) in [6.07, 6.45) is 5.39. The van der Waals surface area contributed by atoms with Crippen molar-refractivity contribution in [3.8, 4) is 0 Å². The van der Waals surface area contributed by atoms with Crippen molar-refractivity contribution in [2.75, 3.05) is 32.4 Å². The highest BCUT2D eigenvalue weighted by atomic mass is 16.5. The lowest BCUT2D eigenvalue weighted by Gasteiger charge is -2.33. The van der Waals surface area contributed by atoms with Gasteiger partial charge in [0.25, 0.3) is 0 Å². The molecule has 2 atom stereocenters. The number of fused-ring (bicyclic) bond motifs is 1. The maximum atomic E-state index is 12.8. The number of aromatic nitrogens is 3. The number of carbonyl (C=O) groups excluding carboxylic acids is 1. The number of benzene rings is 1. The predicted octanol–water partition coefficient (Wildman–Crippen LogP) is 4.61. The number of anilines is 1. The summed E-state index contributed by atoms with van der Waals surface area (Å²) in [6, 6.07) is 11.5. The molecule has 1 aromatic carbocycles. The Kier molecular flexibility index (Phi) is 9.32. The summed E-state index contributed by atoms with van der Waals surface area (Å²) in [5.74, 6) is 0.503. The molecule has 1 aliphatic heterocycles. The average Bonchev–Trinajstić information content (AvgIpc) is 3.48. The normalized spacial score (nSPS) is 16.4. The largest absolute Gasteiger partial charge is 0.445 e. The Bertz CT molecular complexity index is 1310. The van der Waals surface area contributed by atoms with Gasteiger partial charge in [0.1, 0.15) is 12.4 Å². The first-order valence-corrected chi connectivity index (χ1v) is 14.1. The molecule has 0 fully saturated rings. The highest BCUT2D eigenvalue weighted by Crippen LogP contribution is 2.30. The number of amides is 1. The Morgan fingerprint density at radius 1 is 1.25 bits per heavy atom. The molecule has 0 spiro atoms. The lowest BCUT2D eigenvalue weighted by atomic mass is 9.91. The van der Waals surface area contributed by atoms with Gasteiger partial charge in [-0.1, -0.05) is 58.0 Å². The summed E-state index contributed by atoms with van der Waals surface area (Å²) in [5, 5.41) is 9.48. The van der Waals surface area contributed by atoms with E-state index >= 15 is 0 Å². The Morgan fingerprint density at radius 3 is 2.65 bits per heavy atom. The molecule has 0 saturated heterocycles. The lowest BCUT2D eigenvalue weighted by Crippen LogP contribution is -2.40. The first kappa shape index (κ1) is 29.4. The van der Waals surface area contributed by atoms with Gasteiger partial charge in [0.15, 0.2) is 5.65 Å². The summed E-state index contributed by atoms with van der Waals surface area (Å²) in [5.41, 5.74) is 14.5. The third kappa shape index (κ3) is 7.31. The minimum Gasteiger partial charge on any atom is -0.445 e. The van der Waals surface area contributed by atoms with Crippen LogP contribution in [-0.4, -0.2) is 63.3 Å². The van der Waals surface area contributed by atoms with Crippen LogP contribution < -0.4 is 16.5 Å². The molecular weight excluding hydrogens is 504 g/mol. The number of carbonyl (C=O) groups is 1. The van der Waals surface area contributed by atoms with Gasteiger partial charge in [-0.2, -0.15) is 9.61 Å². The van der Waals surface area contributed by atoms with Gasteiger partial charge < -0.3 is 20.8 Å². The number of nitrogen functional groups attached to an aromatic ring is 1. The van der Waals surface area contributed by atoms with Crippen molar-refractivity contribution in [3.05, 3.63) is 65.6 Å². The first-order chi connectivity index (χ1) is 19.1. The number of nitrogens with two attached hydrogens (primary N) is 1. The molecule has 2 unspecified atom stereocenters. The third-order valence-electron chi connectivity index (χ3n) is 7.12. The second-order valence-electron chi connectivity index (χ2n) is 11.8. The van der Waals surface area contributed by atoms with Crippen LogP contribution in [0.15, 0.2) is 48.8 Å². The molecule has 216 valence electrons. The standard InChI is InChI=1S/C30H44N8O2/c1-7-14-37(15-13-30(3,4)5)26(18-32-29(39)40-20-22-11-9-8-10-12-22)25-16-27(31)38-28(34-25)23(17-33-38)24-19-36(6)35-21(24)2/h8-12,16-17,19,21,26,35H,7,13-15,18,20,31H2,1-6H3,(H,32,39). The molecule has 0 saturated carbocycles. The topological polar surface area (TPSA) is 113 Å². The smallest absolute Gasteiger partial charge is 0.407 e. The van der Waals surface area contributed by atoms with E-state index in [4.69, 9.17) is 15.5 Å². The summed E-state index contributed by atoms with van der Waals surface area (Å²) in [6.45, 7) is 13.3. The number of hydrogen-bond acceptors (Lipinski definition) is 8. The van der Waals surface area contributed by atoms with Gasteiger partial charge in [-0.3, -0.25) is 4.90 Å². The van der Waals surface area contributed by atoms with Gasteiger partial charge >= 0.3 is 6.09 Å². The zero-order chi connectivity index (χ0) is 28.9. The zero-order valence-corrected chi connectivity index (χ0v) is 24.6. The van der Waals surface area contributed by atoms with Gasteiger partial charge in [0.05, 0.1) is 24.0 Å². The van der Waals surface area contributed by atoms with E-state index in [1.807, 2.05) is 54.7 Å². The number of ether oxygens (including phenoxy) is 1. The molecule has 3 aromatic rings. The molecule has 10 heteroatoms. The van der Waals surface area contributed by atoms with Crippen LogP contribution in [0.25, 0.3) is 11.2 Å². The van der Waals surface area contributed by atoms with E-state index in [1.165, 1.54) is 0 Å². The van der Waals surface area contributed by atoms with E-state index in [2.05, 4.69) is 61.6 Å². The second kappa shape index (κ2) is 12.7. The molecule has 4 N–H and O–H groups in total. The van der Waals surface area contributed by atoms with E-state index in [0.29, 0.717) is 18.0 Å². The van der Waals surface area contributed by atoms with Crippen LogP contribution in [0, 0.1) is 5.41 Å². The van der Waals surface area contributed by atoms with Gasteiger partial charge in [-0.15, -0.1) is 0 Å². The van der Waals surface area contributed by atoms with Gasteiger partial charge in [0.2, 0.25) is 0 Å². The van der Waals surface area contributed by atoms with Gasteiger partial charge in [0, 0.05) is 37.0 Å². The lowest BCUT2D eigenvalue weighted by molar-refractivity contribution is 0.128. The molecule has 0 radical (unpaired) electrons. The number of rotatable bonds is 11. The zero-order valence-electron chi connectivity index (χ0n) is 24.6. The van der Waals surface area contributed by atoms with Crippen molar-refractivity contribution in [1.29, 1.82) is 0 Å². The number of nitrogens with zero attached hydrogens (tertiary/aromatic N) is 5. The molecule has 3 heterocycles. The fourth-order valence-corrected chi connectivity index (χ4v) is 4.98. The van der Waals surface area contributed by atoms with E-state index < -0.39 is 6.09 Å². The minimum absolute atomic E-state index is 0.116. The second-order valence-corrected chi connectivity index (χ2v) is 11.8. The summed E-state index contributed by atoms with van der Waals surface area (Å²) in [7, 11) is 1.97. The summed E-state index contributed by atoms with van der Waals surface area (Å²) >= 11 is 0. The van der Waals surface area contributed by atoms with Crippen LogP contribution >= 0.6 is 0 Å². The van der Waals surface area contributed by atoms with Crippen molar-refractivity contribution >= 4 is 23.1 Å². The monoisotopic (exact) mass is 548 g/mol. The number of hydrazine groups is 1. The molecule has 0 bridgehead atoms. The predicted molar refractivity (Wildman–Crippen MR) is 159 cm³/mol. The summed E-state index contributed by atoms with van der Waals surface area (Å²) in [4.78, 5) is 20.3. The summed E-state index contributed by atoms with van der Waals surface area (Å²) < 4.78 is 7.19. The fourth-order valence-electron chi connectivity index (χ4n) is 4.98. The quantitative estimate of drug-likeness (QED) is 0.319. The average molecular weight is 549 g/mol. The highest BCUT2D eigenvalue weighted by molar-refractivity contribution is 5.79. The molecule has 1 aliphatic rings. The maximum absolute atomic E-state index is 12.8. The van der Waals surface area contributed by atoms with Crippen LogP contribution in [-0.2, 0) is 11.3 Å². The third-order valence-corrected chi connectivity index (χ3v) is 7.12. The van der Waals surface area contributed by atoms with Gasteiger partial charge in [-0.05, 0) is 43.8 Å². The molecule has 40 heavy (non-hydrogen) atoms. The van der Waals surface area contributed by atoms with E-state index in [-0.39, 0.29) is 24.1 Å². The molecule has 2 aromatic heterocycles. The van der Waals surface area contributed by atoms with Crippen molar-refractivity contribution in [3.63, 3.8) is 0 Å². The molecule has 10 nitrogen and oxygen atoms in total. The Labute approximate surface area is 237 Å². The van der Waals surface area contributed by atoms with Crippen LogP contribution in [0.1, 0.15) is 70.3 Å². The van der Waals surface area contributed by atoms with E-state index in [0.717, 1.165) is 48.3 Å². The van der Waals surface area contributed by atoms with Crippen molar-refractivity contribution in [2.45, 2.75) is 66.2 Å². The first-order valence-electron chi connectivity index (χ1n) is 14.1.